The first-order valence-electron chi connectivity index (χ1n) is 5.40. The molecule has 0 saturated heterocycles. The SMILES string of the molecule is C(CCCc1nn[nH]n1)CCc1nn[nH]n1. The molecule has 2 rings (SSSR count). The molecule has 0 bridgehead atoms. The van der Waals surface area contributed by atoms with Crippen molar-refractivity contribution in [1.82, 2.24) is 41.2 Å². The minimum atomic E-state index is 0.790. The standard InChI is InChI=1S/C8H14N8/c1(3-5-7-9-13-14-10-7)2-4-6-8-11-15-16-12-8/h1-6H2,(H,9,10,13,14)(H,11,12,15,16). The second-order valence-electron chi connectivity index (χ2n) is 3.57. The van der Waals surface area contributed by atoms with E-state index in [1.165, 1.54) is 0 Å². The first kappa shape index (κ1) is 10.7. The van der Waals surface area contributed by atoms with Crippen molar-refractivity contribution in [1.29, 1.82) is 0 Å². The Balaban J connectivity index is 1.49. The maximum Gasteiger partial charge on any atom is 0.174 e. The van der Waals surface area contributed by atoms with E-state index in [2.05, 4.69) is 41.2 Å². The molecule has 8 nitrogen and oxygen atoms in total. The summed E-state index contributed by atoms with van der Waals surface area (Å²) in [5, 5.41) is 27.5. The van der Waals surface area contributed by atoms with E-state index in [1.54, 1.807) is 0 Å². The van der Waals surface area contributed by atoms with Crippen molar-refractivity contribution in [2.75, 3.05) is 0 Å². The van der Waals surface area contributed by atoms with Crippen molar-refractivity contribution < 1.29 is 0 Å². The predicted molar refractivity (Wildman–Crippen MR) is 54.2 cm³/mol. The summed E-state index contributed by atoms with van der Waals surface area (Å²) in [5.41, 5.74) is 0. The van der Waals surface area contributed by atoms with Crippen molar-refractivity contribution in [3.8, 4) is 0 Å². The summed E-state index contributed by atoms with van der Waals surface area (Å²) in [6, 6.07) is 0. The highest BCUT2D eigenvalue weighted by Crippen LogP contribution is 2.05. The Labute approximate surface area is 92.2 Å². The molecule has 0 aliphatic carbocycles. The van der Waals surface area contributed by atoms with Gasteiger partial charge in [0.1, 0.15) is 0 Å². The second kappa shape index (κ2) is 5.89. The molecule has 8 heteroatoms. The molecule has 0 saturated carbocycles. The summed E-state index contributed by atoms with van der Waals surface area (Å²) < 4.78 is 0. The third-order valence-corrected chi connectivity index (χ3v) is 2.33. The van der Waals surface area contributed by atoms with Crippen molar-refractivity contribution >= 4 is 0 Å². The lowest BCUT2D eigenvalue weighted by Crippen LogP contribution is -1.91. The fourth-order valence-corrected chi connectivity index (χ4v) is 1.50. The summed E-state index contributed by atoms with van der Waals surface area (Å²) in [5.74, 6) is 1.58. The van der Waals surface area contributed by atoms with Crippen LogP contribution in [0.15, 0.2) is 0 Å². The fraction of sp³-hybridized carbons (Fsp3) is 0.750. The van der Waals surface area contributed by atoms with Gasteiger partial charge in [0.15, 0.2) is 11.6 Å². The molecule has 2 N–H and O–H groups in total. The number of H-pyrrole nitrogens is 2. The van der Waals surface area contributed by atoms with Crippen LogP contribution in [-0.2, 0) is 12.8 Å². The molecule has 16 heavy (non-hydrogen) atoms. The van der Waals surface area contributed by atoms with E-state index in [4.69, 9.17) is 0 Å². The van der Waals surface area contributed by atoms with Crippen LogP contribution in [0, 0.1) is 0 Å². The maximum absolute atomic E-state index is 3.90. The van der Waals surface area contributed by atoms with Gasteiger partial charge in [-0.3, -0.25) is 0 Å². The van der Waals surface area contributed by atoms with Gasteiger partial charge in [0.25, 0.3) is 0 Å². The number of hydrogen-bond acceptors (Lipinski definition) is 6. The van der Waals surface area contributed by atoms with Crippen molar-refractivity contribution in [3.05, 3.63) is 11.6 Å². The molecule has 0 atom stereocenters. The Morgan fingerprint density at radius 1 is 0.688 bits per heavy atom. The molecule has 2 heterocycles. The molecule has 86 valence electrons. The first-order valence-corrected chi connectivity index (χ1v) is 5.40. The number of unbranched alkanes of at least 4 members (excludes halogenated alkanes) is 3. The molecule has 0 radical (unpaired) electrons. The van der Waals surface area contributed by atoms with Gasteiger partial charge in [-0.1, -0.05) is 23.3 Å². The van der Waals surface area contributed by atoms with E-state index in [0.29, 0.717) is 0 Å². The van der Waals surface area contributed by atoms with Crippen LogP contribution in [0.4, 0.5) is 0 Å². The number of hydrogen-bond donors (Lipinski definition) is 2. The van der Waals surface area contributed by atoms with Gasteiger partial charge in [-0.2, -0.15) is 10.4 Å². The Morgan fingerprint density at radius 3 is 1.56 bits per heavy atom. The van der Waals surface area contributed by atoms with Gasteiger partial charge >= 0.3 is 0 Å². The fourth-order valence-electron chi connectivity index (χ4n) is 1.50. The summed E-state index contributed by atoms with van der Waals surface area (Å²) in [6.45, 7) is 0. The van der Waals surface area contributed by atoms with Crippen LogP contribution in [0.1, 0.15) is 37.3 Å². The lowest BCUT2D eigenvalue weighted by Gasteiger charge is -1.97. The van der Waals surface area contributed by atoms with Crippen LogP contribution in [0.25, 0.3) is 0 Å². The molecule has 2 aromatic rings. The number of aryl methyl sites for hydroxylation is 2. The molecular weight excluding hydrogens is 208 g/mol. The smallest absolute Gasteiger partial charge is 0.174 e. The number of nitrogens with one attached hydrogen (secondary N) is 2. The number of aromatic amines is 2. The molecule has 0 amide bonds. The highest BCUT2D eigenvalue weighted by Gasteiger charge is 1.99. The van der Waals surface area contributed by atoms with Crippen LogP contribution < -0.4 is 0 Å². The van der Waals surface area contributed by atoms with Crippen LogP contribution >= 0.6 is 0 Å². The zero-order chi connectivity index (χ0) is 11.1. The predicted octanol–water partition coefficient (Wildman–Crippen LogP) is 0.0584. The van der Waals surface area contributed by atoms with Gasteiger partial charge in [0.2, 0.25) is 0 Å². The quantitative estimate of drug-likeness (QED) is 0.641. The minimum Gasteiger partial charge on any atom is -0.177 e. The summed E-state index contributed by atoms with van der Waals surface area (Å²) >= 11 is 0. The summed E-state index contributed by atoms with van der Waals surface area (Å²) in [4.78, 5) is 0. The third-order valence-electron chi connectivity index (χ3n) is 2.33. The Bertz CT molecular complexity index is 328. The largest absolute Gasteiger partial charge is 0.177 e. The Kier molecular flexibility index (Phi) is 3.92. The monoisotopic (exact) mass is 222 g/mol. The van der Waals surface area contributed by atoms with Gasteiger partial charge in [0.05, 0.1) is 0 Å². The van der Waals surface area contributed by atoms with Crippen LogP contribution in [0.5, 0.6) is 0 Å². The summed E-state index contributed by atoms with van der Waals surface area (Å²) in [6.07, 6.45) is 6.27. The molecule has 0 aromatic carbocycles. The molecule has 2 aromatic heterocycles. The molecule has 0 aliphatic rings. The lowest BCUT2D eigenvalue weighted by atomic mass is 10.1. The van der Waals surface area contributed by atoms with Gasteiger partial charge in [0, 0.05) is 12.8 Å². The van der Waals surface area contributed by atoms with Gasteiger partial charge in [-0.05, 0) is 12.8 Å². The van der Waals surface area contributed by atoms with E-state index >= 15 is 0 Å². The normalized spacial score (nSPS) is 10.8. The number of nitrogens with zero attached hydrogens (tertiary/aromatic N) is 6. The average molecular weight is 222 g/mol. The zero-order valence-electron chi connectivity index (χ0n) is 8.93. The Hall–Kier alpha value is -1.86. The maximum atomic E-state index is 3.90. The van der Waals surface area contributed by atoms with E-state index in [0.717, 1.165) is 50.2 Å². The molecule has 0 spiro atoms. The topological polar surface area (TPSA) is 109 Å². The van der Waals surface area contributed by atoms with E-state index in [-0.39, 0.29) is 0 Å². The number of aromatic nitrogens is 8. The van der Waals surface area contributed by atoms with Crippen LogP contribution in [-0.4, -0.2) is 41.2 Å². The first-order chi connectivity index (χ1) is 7.95. The molecule has 0 unspecified atom stereocenters. The minimum absolute atomic E-state index is 0.790. The Morgan fingerprint density at radius 2 is 1.19 bits per heavy atom. The highest BCUT2D eigenvalue weighted by molar-refractivity contribution is 4.77. The average Bonchev–Trinajstić information content (AvgIpc) is 2.96. The lowest BCUT2D eigenvalue weighted by molar-refractivity contribution is 0.621. The second-order valence-corrected chi connectivity index (χ2v) is 3.57. The van der Waals surface area contributed by atoms with E-state index in [9.17, 15) is 0 Å². The number of rotatable bonds is 7. The summed E-state index contributed by atoms with van der Waals surface area (Å²) in [7, 11) is 0. The highest BCUT2D eigenvalue weighted by atomic mass is 15.5. The number of tetrazole rings is 2. The molecular formula is C8H14N8. The van der Waals surface area contributed by atoms with Crippen LogP contribution in [0.2, 0.25) is 0 Å². The van der Waals surface area contributed by atoms with Crippen molar-refractivity contribution in [2.24, 2.45) is 0 Å². The molecule has 0 fully saturated rings. The van der Waals surface area contributed by atoms with E-state index < -0.39 is 0 Å². The molecule has 0 aliphatic heterocycles. The third kappa shape index (κ3) is 3.37. The zero-order valence-corrected chi connectivity index (χ0v) is 8.93. The van der Waals surface area contributed by atoms with Crippen LogP contribution in [0.3, 0.4) is 0 Å². The van der Waals surface area contributed by atoms with Gasteiger partial charge in [-0.25, -0.2) is 0 Å². The van der Waals surface area contributed by atoms with E-state index in [1.807, 2.05) is 0 Å². The van der Waals surface area contributed by atoms with Gasteiger partial charge in [-0.15, -0.1) is 20.4 Å². The van der Waals surface area contributed by atoms with Gasteiger partial charge < -0.3 is 0 Å². The van der Waals surface area contributed by atoms with Crippen molar-refractivity contribution in [3.63, 3.8) is 0 Å². The van der Waals surface area contributed by atoms with Crippen molar-refractivity contribution in [2.45, 2.75) is 38.5 Å².